The van der Waals surface area contributed by atoms with Gasteiger partial charge in [-0.05, 0) is 37.1 Å². The van der Waals surface area contributed by atoms with Gasteiger partial charge in [-0.3, -0.25) is 14.9 Å². The Morgan fingerprint density at radius 3 is 2.79 bits per heavy atom. The molecule has 6 nitrogen and oxygen atoms in total. The second kappa shape index (κ2) is 7.74. The molecule has 1 aliphatic heterocycles. The van der Waals surface area contributed by atoms with Gasteiger partial charge in [0.1, 0.15) is 5.69 Å². The van der Waals surface area contributed by atoms with E-state index in [4.69, 9.17) is 16.3 Å². The number of amides is 2. The van der Waals surface area contributed by atoms with Gasteiger partial charge in [-0.1, -0.05) is 11.6 Å². The molecule has 1 aliphatic rings. The second-order valence-electron chi connectivity index (χ2n) is 5.34. The summed E-state index contributed by atoms with van der Waals surface area (Å²) in [6.07, 6.45) is 2.06. The van der Waals surface area contributed by atoms with E-state index in [1.54, 1.807) is 29.6 Å². The van der Waals surface area contributed by atoms with Gasteiger partial charge in [-0.25, -0.2) is 4.98 Å². The van der Waals surface area contributed by atoms with Crippen LogP contribution in [-0.2, 0) is 4.74 Å². The van der Waals surface area contributed by atoms with Gasteiger partial charge in [-0.15, -0.1) is 11.3 Å². The number of nitrogens with zero attached hydrogens (tertiary/aromatic N) is 1. The number of anilines is 1. The van der Waals surface area contributed by atoms with E-state index in [1.807, 2.05) is 0 Å². The highest BCUT2D eigenvalue weighted by molar-refractivity contribution is 7.14. The van der Waals surface area contributed by atoms with Crippen molar-refractivity contribution in [1.82, 2.24) is 10.3 Å². The van der Waals surface area contributed by atoms with E-state index in [9.17, 15) is 9.59 Å². The van der Waals surface area contributed by atoms with Crippen molar-refractivity contribution < 1.29 is 14.3 Å². The van der Waals surface area contributed by atoms with Gasteiger partial charge in [0.2, 0.25) is 0 Å². The van der Waals surface area contributed by atoms with Crippen LogP contribution in [0.3, 0.4) is 0 Å². The number of aromatic nitrogens is 1. The van der Waals surface area contributed by atoms with Crippen LogP contribution in [0.5, 0.6) is 0 Å². The molecule has 1 unspecified atom stereocenters. The summed E-state index contributed by atoms with van der Waals surface area (Å²) >= 11 is 7.00. The van der Waals surface area contributed by atoms with Gasteiger partial charge in [0.15, 0.2) is 5.13 Å². The zero-order valence-corrected chi connectivity index (χ0v) is 14.3. The molecule has 1 aromatic carbocycles. The van der Waals surface area contributed by atoms with Gasteiger partial charge in [0.05, 0.1) is 6.10 Å². The molecule has 0 spiro atoms. The van der Waals surface area contributed by atoms with E-state index in [2.05, 4.69) is 15.6 Å². The fraction of sp³-hybridized carbons (Fsp3) is 0.312. The first-order chi connectivity index (χ1) is 11.6. The van der Waals surface area contributed by atoms with Crippen molar-refractivity contribution in [2.24, 2.45) is 0 Å². The predicted octanol–water partition coefficient (Wildman–Crippen LogP) is 2.96. The maximum atomic E-state index is 12.1. The van der Waals surface area contributed by atoms with Crippen LogP contribution < -0.4 is 10.6 Å². The Labute approximate surface area is 148 Å². The number of carbonyl (C=O) groups excluding carboxylic acids is 2. The van der Waals surface area contributed by atoms with E-state index in [-0.39, 0.29) is 23.6 Å². The first kappa shape index (κ1) is 16.9. The van der Waals surface area contributed by atoms with Crippen molar-refractivity contribution in [2.75, 3.05) is 18.5 Å². The molecule has 0 bridgehead atoms. The Balaban J connectivity index is 1.55. The Bertz CT molecular complexity index is 726. The highest BCUT2D eigenvalue weighted by atomic mass is 35.5. The summed E-state index contributed by atoms with van der Waals surface area (Å²) in [6, 6.07) is 6.53. The summed E-state index contributed by atoms with van der Waals surface area (Å²) in [6.45, 7) is 1.22. The molecule has 1 atom stereocenters. The van der Waals surface area contributed by atoms with E-state index >= 15 is 0 Å². The maximum Gasteiger partial charge on any atom is 0.270 e. The van der Waals surface area contributed by atoms with Gasteiger partial charge < -0.3 is 10.1 Å². The Morgan fingerprint density at radius 1 is 1.29 bits per heavy atom. The molecule has 1 aromatic heterocycles. The first-order valence-corrected chi connectivity index (χ1v) is 8.80. The minimum atomic E-state index is -0.299. The van der Waals surface area contributed by atoms with E-state index in [0.29, 0.717) is 22.3 Å². The van der Waals surface area contributed by atoms with Crippen molar-refractivity contribution in [3.05, 3.63) is 45.9 Å². The topological polar surface area (TPSA) is 80.3 Å². The standard InChI is InChI=1S/C16H16ClN3O3S/c17-11-5-3-10(4-6-11)14(21)20-16-19-13(9-24-16)15(22)18-8-12-2-1-7-23-12/h3-6,9,12H,1-2,7-8H2,(H,18,22)(H,19,20,21). The zero-order chi connectivity index (χ0) is 16.9. The highest BCUT2D eigenvalue weighted by Gasteiger charge is 2.18. The molecule has 2 N–H and O–H groups in total. The smallest absolute Gasteiger partial charge is 0.270 e. The molecule has 2 amide bonds. The molecule has 8 heteroatoms. The molecule has 2 aromatic rings. The third kappa shape index (κ3) is 4.31. The molecule has 24 heavy (non-hydrogen) atoms. The van der Waals surface area contributed by atoms with Crippen molar-refractivity contribution in [3.63, 3.8) is 0 Å². The summed E-state index contributed by atoms with van der Waals surface area (Å²) in [4.78, 5) is 28.3. The summed E-state index contributed by atoms with van der Waals surface area (Å²) in [5.41, 5.74) is 0.753. The highest BCUT2D eigenvalue weighted by Crippen LogP contribution is 2.18. The molecule has 0 radical (unpaired) electrons. The van der Waals surface area contributed by atoms with Crippen molar-refractivity contribution >= 4 is 39.9 Å². The normalized spacial score (nSPS) is 16.8. The summed E-state index contributed by atoms with van der Waals surface area (Å²) in [5, 5.41) is 8.02. The molecule has 3 rings (SSSR count). The minimum absolute atomic E-state index is 0.0802. The Hall–Kier alpha value is -1.96. The largest absolute Gasteiger partial charge is 0.376 e. The molecular weight excluding hydrogens is 350 g/mol. The van der Waals surface area contributed by atoms with Crippen LogP contribution in [0.2, 0.25) is 5.02 Å². The SMILES string of the molecule is O=C(Nc1nc(C(=O)NCC2CCCO2)cs1)c1ccc(Cl)cc1. The molecule has 1 saturated heterocycles. The van der Waals surface area contributed by atoms with Crippen molar-refractivity contribution in [1.29, 1.82) is 0 Å². The van der Waals surface area contributed by atoms with E-state index < -0.39 is 0 Å². The van der Waals surface area contributed by atoms with Crippen LogP contribution in [0.4, 0.5) is 5.13 Å². The molecular formula is C16H16ClN3O3S. The molecule has 0 aliphatic carbocycles. The number of halogens is 1. The third-order valence-electron chi connectivity index (χ3n) is 3.58. The first-order valence-electron chi connectivity index (χ1n) is 7.54. The van der Waals surface area contributed by atoms with Gasteiger partial charge in [0, 0.05) is 29.1 Å². The number of thiazole rings is 1. The average Bonchev–Trinajstić information content (AvgIpc) is 3.25. The zero-order valence-electron chi connectivity index (χ0n) is 12.8. The van der Waals surface area contributed by atoms with Crippen molar-refractivity contribution in [3.8, 4) is 0 Å². The predicted molar refractivity (Wildman–Crippen MR) is 92.8 cm³/mol. The maximum absolute atomic E-state index is 12.1. The van der Waals surface area contributed by atoms with Gasteiger partial charge >= 0.3 is 0 Å². The van der Waals surface area contributed by atoms with Crippen LogP contribution >= 0.6 is 22.9 Å². The van der Waals surface area contributed by atoms with Crippen LogP contribution in [0.15, 0.2) is 29.6 Å². The lowest BCUT2D eigenvalue weighted by molar-refractivity contribution is 0.0854. The molecule has 1 fully saturated rings. The fourth-order valence-corrected chi connectivity index (χ4v) is 3.12. The van der Waals surface area contributed by atoms with Gasteiger partial charge in [-0.2, -0.15) is 0 Å². The second-order valence-corrected chi connectivity index (χ2v) is 6.64. The monoisotopic (exact) mass is 365 g/mol. The fourth-order valence-electron chi connectivity index (χ4n) is 2.31. The van der Waals surface area contributed by atoms with Crippen molar-refractivity contribution in [2.45, 2.75) is 18.9 Å². The van der Waals surface area contributed by atoms with Gasteiger partial charge in [0.25, 0.3) is 11.8 Å². The minimum Gasteiger partial charge on any atom is -0.376 e. The summed E-state index contributed by atoms with van der Waals surface area (Å²) in [7, 11) is 0. The van der Waals surface area contributed by atoms with E-state index in [1.165, 1.54) is 11.3 Å². The number of nitrogens with one attached hydrogen (secondary N) is 2. The number of hydrogen-bond acceptors (Lipinski definition) is 5. The Kier molecular flexibility index (Phi) is 5.44. The summed E-state index contributed by atoms with van der Waals surface area (Å²) in [5.74, 6) is -0.568. The lowest BCUT2D eigenvalue weighted by atomic mass is 10.2. The molecule has 2 heterocycles. The molecule has 0 saturated carbocycles. The number of benzene rings is 1. The average molecular weight is 366 g/mol. The quantitative estimate of drug-likeness (QED) is 0.853. The number of rotatable bonds is 5. The van der Waals surface area contributed by atoms with E-state index in [0.717, 1.165) is 19.4 Å². The number of ether oxygens (including phenoxy) is 1. The van der Waals surface area contributed by atoms with Crippen LogP contribution in [0, 0.1) is 0 Å². The van der Waals surface area contributed by atoms with Crippen LogP contribution in [0.1, 0.15) is 33.7 Å². The summed E-state index contributed by atoms with van der Waals surface area (Å²) < 4.78 is 5.46. The molecule has 126 valence electrons. The lowest BCUT2D eigenvalue weighted by Crippen LogP contribution is -2.31. The van der Waals surface area contributed by atoms with Crippen LogP contribution in [-0.4, -0.2) is 36.1 Å². The number of carbonyl (C=O) groups is 2. The lowest BCUT2D eigenvalue weighted by Gasteiger charge is -2.09. The van der Waals surface area contributed by atoms with Crippen LogP contribution in [0.25, 0.3) is 0 Å². The third-order valence-corrected chi connectivity index (χ3v) is 4.59. The number of hydrogen-bond donors (Lipinski definition) is 2. The Morgan fingerprint density at radius 2 is 2.08 bits per heavy atom.